The van der Waals surface area contributed by atoms with E-state index in [1.54, 1.807) is 78.8 Å². The summed E-state index contributed by atoms with van der Waals surface area (Å²) in [6.07, 6.45) is 0. The molecule has 0 aliphatic heterocycles. The molecule has 0 radical (unpaired) electrons. The van der Waals surface area contributed by atoms with Crippen LogP contribution in [-0.2, 0) is 29.7 Å². The maximum atomic E-state index is 13.7. The third-order valence-electron chi connectivity index (χ3n) is 14.7. The van der Waals surface area contributed by atoms with Gasteiger partial charge in [-0.15, -0.1) is 0 Å². The van der Waals surface area contributed by atoms with E-state index in [0.717, 1.165) is 78.9 Å². The molecule has 0 unspecified atom stereocenters. The molecular formula is C68H68O20S2-2. The molecule has 0 saturated carbocycles. The number of esters is 7. The van der Waals surface area contributed by atoms with E-state index >= 15 is 0 Å². The van der Waals surface area contributed by atoms with Gasteiger partial charge in [-0.1, -0.05) is 30.3 Å². The molecule has 0 amide bonds. The molecule has 7 rings (SSSR count). The Morgan fingerprint density at radius 2 is 0.556 bits per heavy atom. The summed E-state index contributed by atoms with van der Waals surface area (Å²) in [5, 5.41) is 0. The Hall–Kier alpha value is -9.35. The van der Waals surface area contributed by atoms with Crippen LogP contribution >= 0.6 is 0 Å². The Labute approximate surface area is 522 Å². The van der Waals surface area contributed by atoms with Crippen molar-refractivity contribution < 1.29 is 92.7 Å². The second-order valence-electron chi connectivity index (χ2n) is 22.0. The topological polar surface area (TPSA) is 298 Å². The van der Waals surface area contributed by atoms with E-state index in [1.165, 1.54) is 18.2 Å². The second kappa shape index (κ2) is 28.9. The van der Waals surface area contributed by atoms with Crippen molar-refractivity contribution in [2.45, 2.75) is 104 Å². The smallest absolute Gasteiger partial charge is 0.345 e. The summed E-state index contributed by atoms with van der Waals surface area (Å²) in [4.78, 5) is 93.2. The number of ether oxygens (including phenoxy) is 7. The van der Waals surface area contributed by atoms with E-state index < -0.39 is 104 Å². The highest BCUT2D eigenvalue weighted by atomic mass is 32.2. The molecule has 7 aromatic carbocycles. The molecule has 0 atom stereocenters. The van der Waals surface area contributed by atoms with Crippen LogP contribution in [0.1, 0.15) is 156 Å². The van der Waals surface area contributed by atoms with Gasteiger partial charge in [-0.2, -0.15) is 0 Å². The Morgan fingerprint density at radius 3 is 0.822 bits per heavy atom. The largest absolute Gasteiger partial charge is 0.748 e. The number of rotatable bonds is 18. The van der Waals surface area contributed by atoms with Gasteiger partial charge in [0.2, 0.25) is 0 Å². The molecule has 7 aromatic rings. The molecule has 0 aliphatic carbocycles. The van der Waals surface area contributed by atoms with Crippen molar-refractivity contribution in [3.05, 3.63) is 213 Å². The number of benzene rings is 7. The van der Waals surface area contributed by atoms with Gasteiger partial charge >= 0.3 is 41.8 Å². The fourth-order valence-corrected chi connectivity index (χ4v) is 10.1. The first-order valence-electron chi connectivity index (χ1n) is 27.9. The van der Waals surface area contributed by atoms with Crippen LogP contribution in [0.25, 0.3) is 0 Å². The van der Waals surface area contributed by atoms with Gasteiger partial charge in [0.15, 0.2) is 11.5 Å². The minimum Gasteiger partial charge on any atom is -0.748 e. The highest BCUT2D eigenvalue weighted by Crippen LogP contribution is 2.38. The van der Waals surface area contributed by atoms with Gasteiger partial charge in [-0.25, -0.2) is 50.4 Å². The van der Waals surface area contributed by atoms with Gasteiger partial charge in [0.1, 0.15) is 36.0 Å². The van der Waals surface area contributed by atoms with Gasteiger partial charge in [0.25, 0.3) is 0 Å². The standard InChI is InChI=1S/C39H40O11S.C29H30O9S/c1-20-12-23(4)26(7)30(15-20)36(40)48-29-18-33(49-37(41)31-16-21(2)13-24(5)27(31)8)35(39(43)47-10-11-51(44,45)46)34(19-29)50-38(42)32-17-22(3)14-25(6)28(32)9;1-16-9-18(3)20(5)25(11-16)28(31)37-23-13-22(27(30)36-7-8-39(33,34)35)14-24(15-23)38-29(32)26-12-17(2)10-19(4)21(26)6/h12-19H,10-11H2,1-9H3,(H,44,45,46);9-15H,7-8H2,1-6H3,(H,33,34,35)/p-2. The molecule has 90 heavy (non-hydrogen) atoms. The van der Waals surface area contributed by atoms with Crippen LogP contribution in [0.4, 0.5) is 0 Å². The zero-order valence-electron chi connectivity index (χ0n) is 52.5. The fraction of sp³-hybridized carbons (Fsp3) is 0.279. The number of hydrogen-bond acceptors (Lipinski definition) is 20. The first kappa shape index (κ1) is 69.7. The van der Waals surface area contributed by atoms with Crippen molar-refractivity contribution in [3.8, 4) is 28.7 Å². The highest BCUT2D eigenvalue weighted by molar-refractivity contribution is 7.85. The first-order chi connectivity index (χ1) is 41.9. The van der Waals surface area contributed by atoms with Gasteiger partial charge in [-0.3, -0.25) is 0 Å². The van der Waals surface area contributed by atoms with Crippen LogP contribution in [-0.4, -0.2) is 92.4 Å². The molecule has 0 bridgehead atoms. The fourth-order valence-electron chi connectivity index (χ4n) is 9.48. The van der Waals surface area contributed by atoms with E-state index in [-0.39, 0.29) is 39.5 Å². The maximum absolute atomic E-state index is 13.7. The lowest BCUT2D eigenvalue weighted by atomic mass is 10.00. The quantitative estimate of drug-likeness (QED) is 0.0438. The van der Waals surface area contributed by atoms with Crippen molar-refractivity contribution in [1.82, 2.24) is 0 Å². The predicted molar refractivity (Wildman–Crippen MR) is 331 cm³/mol. The lowest BCUT2D eigenvalue weighted by molar-refractivity contribution is 0.0508. The van der Waals surface area contributed by atoms with E-state index in [0.29, 0.717) is 27.8 Å². The van der Waals surface area contributed by atoms with Crippen molar-refractivity contribution in [1.29, 1.82) is 0 Å². The SMILES string of the molecule is Cc1cc(C)c(C)c(C(=O)Oc2cc(OC(=O)c3cc(C)cc(C)c3C)c(C(=O)OCCS(=O)(=O)[O-])c(OC(=O)c3cc(C)cc(C)c3C)c2)c1.Cc1cc(C)c(C)c(C(=O)Oc2cc(OC(=O)c3cc(C)cc(C)c3C)cc(C(=O)OCCS(=O)(=O)[O-])c2)c1. The monoisotopic (exact) mass is 1270 g/mol. The average Bonchev–Trinajstić information content (AvgIpc) is 0.822. The molecule has 0 fully saturated rings. The van der Waals surface area contributed by atoms with Gasteiger partial charge < -0.3 is 42.3 Å². The minimum absolute atomic E-state index is 0.107. The van der Waals surface area contributed by atoms with Gasteiger partial charge in [0, 0.05) is 18.2 Å². The van der Waals surface area contributed by atoms with E-state index in [1.807, 2.05) is 85.7 Å². The predicted octanol–water partition coefficient (Wildman–Crippen LogP) is 11.5. The molecule has 0 heterocycles. The van der Waals surface area contributed by atoms with Crippen LogP contribution < -0.4 is 23.7 Å². The van der Waals surface area contributed by atoms with Crippen LogP contribution in [0, 0.1) is 104 Å². The van der Waals surface area contributed by atoms with Crippen LogP contribution in [0.3, 0.4) is 0 Å². The summed E-state index contributed by atoms with van der Waals surface area (Å²) in [5.74, 6) is -9.68. The zero-order chi connectivity index (χ0) is 67.0. The molecule has 0 saturated heterocycles. The summed E-state index contributed by atoms with van der Waals surface area (Å²) in [6.45, 7) is 25.5. The summed E-state index contributed by atoms with van der Waals surface area (Å²) in [7, 11) is -9.37. The lowest BCUT2D eigenvalue weighted by Gasteiger charge is -2.18. The Morgan fingerprint density at radius 1 is 0.311 bits per heavy atom. The van der Waals surface area contributed by atoms with Gasteiger partial charge in [-0.05, 0) is 230 Å². The normalized spacial score (nSPS) is 11.2. The molecule has 474 valence electrons. The summed E-state index contributed by atoms with van der Waals surface area (Å²) in [5.41, 5.74) is 12.0. The van der Waals surface area contributed by atoms with Crippen LogP contribution in [0.2, 0.25) is 0 Å². The molecular weight excluding hydrogens is 1200 g/mol. The number of aryl methyl sites for hydroxylation is 10. The molecule has 0 spiro atoms. The third kappa shape index (κ3) is 18.4. The first-order valence-corrected chi connectivity index (χ1v) is 31.1. The van der Waals surface area contributed by atoms with Crippen molar-refractivity contribution in [3.63, 3.8) is 0 Å². The second-order valence-corrected chi connectivity index (χ2v) is 25.0. The molecule has 20 nitrogen and oxygen atoms in total. The van der Waals surface area contributed by atoms with E-state index in [4.69, 9.17) is 33.2 Å². The molecule has 0 N–H and O–H groups in total. The lowest BCUT2D eigenvalue weighted by Crippen LogP contribution is -2.20. The number of hydrogen-bond donors (Lipinski definition) is 0. The van der Waals surface area contributed by atoms with Crippen LogP contribution in [0.5, 0.6) is 28.7 Å². The summed E-state index contributed by atoms with van der Waals surface area (Å²) >= 11 is 0. The number of carbonyl (C=O) groups is 7. The minimum atomic E-state index is -4.77. The highest BCUT2D eigenvalue weighted by Gasteiger charge is 2.30. The van der Waals surface area contributed by atoms with E-state index in [2.05, 4.69) is 0 Å². The van der Waals surface area contributed by atoms with E-state index in [9.17, 15) is 59.5 Å². The number of carbonyl (C=O) groups excluding carboxylic acids is 7. The van der Waals surface area contributed by atoms with Crippen molar-refractivity contribution >= 4 is 62.0 Å². The third-order valence-corrected chi connectivity index (χ3v) is 16.0. The van der Waals surface area contributed by atoms with Crippen molar-refractivity contribution in [2.24, 2.45) is 0 Å². The average molecular weight is 1270 g/mol. The molecule has 22 heteroatoms. The molecule has 0 aromatic heterocycles. The summed E-state index contributed by atoms with van der Waals surface area (Å²) in [6, 6.07) is 23.6. The Kier molecular flexibility index (Phi) is 22.4. The maximum Gasteiger partial charge on any atom is 0.345 e. The molecule has 0 aliphatic rings. The van der Waals surface area contributed by atoms with Crippen LogP contribution in [0.15, 0.2) is 91.0 Å². The van der Waals surface area contributed by atoms with Crippen molar-refractivity contribution in [2.75, 3.05) is 24.7 Å². The summed E-state index contributed by atoms with van der Waals surface area (Å²) < 4.78 is 105. The van der Waals surface area contributed by atoms with Gasteiger partial charge in [0.05, 0.1) is 65.1 Å². The Balaban J connectivity index is 0.000000297. The zero-order valence-corrected chi connectivity index (χ0v) is 54.1. The Bertz CT molecular complexity index is 4130.